The molecule has 5 heteroatoms. The average molecular weight is 345 g/mol. The number of benzene rings is 1. The number of fused-ring (bicyclic) bond motifs is 1. The number of amides is 1. The number of ether oxygens (including phenoxy) is 1. The van der Waals surface area contributed by atoms with Crippen LogP contribution in [0.25, 0.3) is 0 Å². The van der Waals surface area contributed by atoms with E-state index in [4.69, 9.17) is 16.3 Å². The fraction of sp³-hybridized carbons (Fsp3) is 0.368. The number of rotatable bonds is 6. The van der Waals surface area contributed by atoms with Gasteiger partial charge in [-0.3, -0.25) is 9.78 Å². The van der Waals surface area contributed by atoms with Crippen LogP contribution in [0.15, 0.2) is 42.6 Å². The van der Waals surface area contributed by atoms with Crippen molar-refractivity contribution in [3.63, 3.8) is 0 Å². The van der Waals surface area contributed by atoms with Crippen LogP contribution in [0.2, 0.25) is 5.02 Å². The zero-order valence-corrected chi connectivity index (χ0v) is 14.5. The highest BCUT2D eigenvalue weighted by Gasteiger charge is 2.32. The van der Waals surface area contributed by atoms with Crippen LogP contribution in [-0.4, -0.2) is 36.1 Å². The van der Waals surface area contributed by atoms with Crippen molar-refractivity contribution in [3.8, 4) is 0 Å². The monoisotopic (exact) mass is 344 g/mol. The van der Waals surface area contributed by atoms with E-state index in [0.717, 1.165) is 34.7 Å². The second-order valence-electron chi connectivity index (χ2n) is 5.97. The smallest absolute Gasteiger partial charge is 0.230 e. The van der Waals surface area contributed by atoms with E-state index in [2.05, 4.69) is 4.98 Å². The summed E-state index contributed by atoms with van der Waals surface area (Å²) < 4.78 is 5.18. The summed E-state index contributed by atoms with van der Waals surface area (Å²) in [4.78, 5) is 19.3. The number of carbonyl (C=O) groups excluding carboxylic acids is 1. The van der Waals surface area contributed by atoms with Crippen LogP contribution in [-0.2, 0) is 22.5 Å². The number of pyridine rings is 1. The van der Waals surface area contributed by atoms with Gasteiger partial charge in [0.05, 0.1) is 24.8 Å². The molecule has 0 fully saturated rings. The molecule has 1 aromatic carbocycles. The first-order valence-corrected chi connectivity index (χ1v) is 8.53. The molecular weight excluding hydrogens is 324 g/mol. The molecule has 126 valence electrons. The minimum absolute atomic E-state index is 0.124. The molecule has 0 unspecified atom stereocenters. The van der Waals surface area contributed by atoms with E-state index in [1.54, 1.807) is 13.3 Å². The Morgan fingerprint density at radius 1 is 1.33 bits per heavy atom. The SMILES string of the molecule is COCCN(Cc1ccccn1)C(=O)[C@H]1CCc2c(Cl)cccc21. The molecule has 0 radical (unpaired) electrons. The summed E-state index contributed by atoms with van der Waals surface area (Å²) in [5.74, 6) is -0.00186. The maximum absolute atomic E-state index is 13.1. The summed E-state index contributed by atoms with van der Waals surface area (Å²) in [6, 6.07) is 11.6. The van der Waals surface area contributed by atoms with Gasteiger partial charge in [0.1, 0.15) is 0 Å². The zero-order chi connectivity index (χ0) is 16.9. The number of hydrogen-bond donors (Lipinski definition) is 0. The van der Waals surface area contributed by atoms with Crippen molar-refractivity contribution in [2.24, 2.45) is 0 Å². The fourth-order valence-corrected chi connectivity index (χ4v) is 3.52. The van der Waals surface area contributed by atoms with Gasteiger partial charge >= 0.3 is 0 Å². The van der Waals surface area contributed by atoms with Crippen LogP contribution in [0.3, 0.4) is 0 Å². The van der Waals surface area contributed by atoms with Gasteiger partial charge < -0.3 is 9.64 Å². The lowest BCUT2D eigenvalue weighted by Crippen LogP contribution is -2.36. The van der Waals surface area contributed by atoms with Crippen LogP contribution < -0.4 is 0 Å². The van der Waals surface area contributed by atoms with Crippen molar-refractivity contribution in [3.05, 3.63) is 64.4 Å². The van der Waals surface area contributed by atoms with Gasteiger partial charge in [-0.2, -0.15) is 0 Å². The first kappa shape index (κ1) is 16.9. The second kappa shape index (κ2) is 7.77. The molecular formula is C19H21ClN2O2. The minimum atomic E-state index is -0.126. The van der Waals surface area contributed by atoms with Crippen LogP contribution in [0.4, 0.5) is 0 Å². The highest BCUT2D eigenvalue weighted by atomic mass is 35.5. The molecule has 4 nitrogen and oxygen atoms in total. The van der Waals surface area contributed by atoms with Gasteiger partial charge in [-0.1, -0.05) is 29.8 Å². The van der Waals surface area contributed by atoms with Crippen molar-refractivity contribution < 1.29 is 9.53 Å². The third-order valence-electron chi connectivity index (χ3n) is 4.47. The molecule has 0 spiro atoms. The maximum atomic E-state index is 13.1. The van der Waals surface area contributed by atoms with E-state index in [0.29, 0.717) is 19.7 Å². The number of aromatic nitrogens is 1. The van der Waals surface area contributed by atoms with E-state index in [1.165, 1.54) is 0 Å². The summed E-state index contributed by atoms with van der Waals surface area (Å²) in [5, 5.41) is 0.760. The first-order chi connectivity index (χ1) is 11.7. The van der Waals surface area contributed by atoms with Gasteiger partial charge in [-0.25, -0.2) is 0 Å². The molecule has 1 aliphatic carbocycles. The van der Waals surface area contributed by atoms with E-state index < -0.39 is 0 Å². The third-order valence-corrected chi connectivity index (χ3v) is 4.82. The lowest BCUT2D eigenvalue weighted by molar-refractivity contribution is -0.134. The summed E-state index contributed by atoms with van der Waals surface area (Å²) in [7, 11) is 1.65. The Bertz CT molecular complexity index is 706. The van der Waals surface area contributed by atoms with E-state index in [1.807, 2.05) is 41.3 Å². The van der Waals surface area contributed by atoms with Crippen molar-refractivity contribution in [1.29, 1.82) is 0 Å². The van der Waals surface area contributed by atoms with Gasteiger partial charge in [0.25, 0.3) is 0 Å². The standard InChI is InChI=1S/C19H21ClN2O2/c1-24-12-11-22(13-14-5-2-3-10-21-14)19(23)17-9-8-16-15(17)6-4-7-18(16)20/h2-7,10,17H,8-9,11-13H2,1H3/t17-/m0/s1. The molecule has 1 aromatic heterocycles. The molecule has 1 atom stereocenters. The molecule has 0 saturated carbocycles. The lowest BCUT2D eigenvalue weighted by atomic mass is 9.99. The van der Waals surface area contributed by atoms with Crippen molar-refractivity contribution in [1.82, 2.24) is 9.88 Å². The van der Waals surface area contributed by atoms with Crippen LogP contribution in [0.5, 0.6) is 0 Å². The number of hydrogen-bond acceptors (Lipinski definition) is 3. The molecule has 1 aliphatic rings. The number of nitrogens with zero attached hydrogens (tertiary/aromatic N) is 2. The second-order valence-corrected chi connectivity index (χ2v) is 6.38. The Kier molecular flexibility index (Phi) is 5.48. The average Bonchev–Trinajstić information content (AvgIpc) is 3.04. The quantitative estimate of drug-likeness (QED) is 0.806. The summed E-state index contributed by atoms with van der Waals surface area (Å²) >= 11 is 6.28. The Morgan fingerprint density at radius 2 is 2.21 bits per heavy atom. The predicted octanol–water partition coefficient (Wildman–Crippen LogP) is 3.44. The molecule has 2 aromatic rings. The summed E-state index contributed by atoms with van der Waals surface area (Å²) in [6.45, 7) is 1.56. The molecule has 1 heterocycles. The van der Waals surface area contributed by atoms with Crippen LogP contribution >= 0.6 is 11.6 Å². The molecule has 0 N–H and O–H groups in total. The Balaban J connectivity index is 1.81. The Morgan fingerprint density at radius 3 is 2.96 bits per heavy atom. The Hall–Kier alpha value is -1.91. The highest BCUT2D eigenvalue weighted by Crippen LogP contribution is 2.38. The maximum Gasteiger partial charge on any atom is 0.230 e. The normalized spacial score (nSPS) is 16.0. The predicted molar refractivity (Wildman–Crippen MR) is 94.0 cm³/mol. The van der Waals surface area contributed by atoms with E-state index in [-0.39, 0.29) is 11.8 Å². The van der Waals surface area contributed by atoms with Gasteiger partial charge in [0.15, 0.2) is 0 Å². The first-order valence-electron chi connectivity index (χ1n) is 8.15. The van der Waals surface area contributed by atoms with Gasteiger partial charge in [-0.15, -0.1) is 0 Å². The molecule has 0 bridgehead atoms. The van der Waals surface area contributed by atoms with Crippen molar-refractivity contribution in [2.45, 2.75) is 25.3 Å². The zero-order valence-electron chi connectivity index (χ0n) is 13.7. The molecule has 0 aliphatic heterocycles. The topological polar surface area (TPSA) is 42.4 Å². The number of halogens is 1. The molecule has 0 saturated heterocycles. The molecule has 3 rings (SSSR count). The van der Waals surface area contributed by atoms with Gasteiger partial charge in [0, 0.05) is 24.9 Å². The largest absolute Gasteiger partial charge is 0.383 e. The summed E-state index contributed by atoms with van der Waals surface area (Å²) in [5.41, 5.74) is 3.06. The lowest BCUT2D eigenvalue weighted by Gasteiger charge is -2.25. The van der Waals surface area contributed by atoms with Gasteiger partial charge in [-0.05, 0) is 42.2 Å². The number of carbonyl (C=O) groups is 1. The molecule has 24 heavy (non-hydrogen) atoms. The van der Waals surface area contributed by atoms with Crippen LogP contribution in [0, 0.1) is 0 Å². The highest BCUT2D eigenvalue weighted by molar-refractivity contribution is 6.31. The minimum Gasteiger partial charge on any atom is -0.383 e. The summed E-state index contributed by atoms with van der Waals surface area (Å²) in [6.07, 6.45) is 3.41. The molecule has 1 amide bonds. The van der Waals surface area contributed by atoms with Gasteiger partial charge in [0.2, 0.25) is 5.91 Å². The third kappa shape index (κ3) is 3.60. The van der Waals surface area contributed by atoms with E-state index in [9.17, 15) is 4.79 Å². The van der Waals surface area contributed by atoms with Crippen molar-refractivity contribution in [2.75, 3.05) is 20.3 Å². The number of methoxy groups -OCH3 is 1. The Labute approximate surface area is 147 Å². The van der Waals surface area contributed by atoms with Crippen molar-refractivity contribution >= 4 is 17.5 Å². The van der Waals surface area contributed by atoms with Crippen LogP contribution in [0.1, 0.15) is 29.2 Å². The fourth-order valence-electron chi connectivity index (χ4n) is 3.24. The van der Waals surface area contributed by atoms with E-state index >= 15 is 0 Å².